The molecule has 0 amide bonds. The minimum Gasteiger partial charge on any atom is -0.598 e. The molecule has 0 spiro atoms. The zero-order chi connectivity index (χ0) is 20.7. The van der Waals surface area contributed by atoms with Crippen LogP contribution >= 0.6 is 11.3 Å². The van der Waals surface area contributed by atoms with Crippen LogP contribution in [-0.2, 0) is 26.4 Å². The van der Waals surface area contributed by atoms with Crippen molar-refractivity contribution in [2.45, 2.75) is 51.3 Å². The Balaban J connectivity index is 2.12. The van der Waals surface area contributed by atoms with Gasteiger partial charge in [-0.2, -0.15) is 0 Å². The van der Waals surface area contributed by atoms with Crippen LogP contribution in [0.3, 0.4) is 0 Å². The molecule has 2 aromatic carbocycles. The summed E-state index contributed by atoms with van der Waals surface area (Å²) in [6.45, 7) is 9.73. The number of benzene rings is 2. The van der Waals surface area contributed by atoms with Crippen LogP contribution in [-0.4, -0.2) is 22.4 Å². The van der Waals surface area contributed by atoms with Gasteiger partial charge in [0, 0.05) is 31.5 Å². The smallest absolute Gasteiger partial charge is 0.307 e. The maximum absolute atomic E-state index is 12.8. The van der Waals surface area contributed by atoms with Crippen LogP contribution in [0.2, 0.25) is 0 Å². The van der Waals surface area contributed by atoms with Gasteiger partial charge in [-0.1, -0.05) is 17.7 Å². The molecular formula is C22H27NO3S2. The van der Waals surface area contributed by atoms with E-state index < -0.39 is 21.6 Å². The predicted molar refractivity (Wildman–Crippen MR) is 119 cm³/mol. The highest BCUT2D eigenvalue weighted by atomic mass is 32.2. The summed E-state index contributed by atoms with van der Waals surface area (Å²) in [5.41, 5.74) is 1.32. The molecule has 0 fully saturated rings. The number of fused-ring (bicyclic) bond motifs is 3. The standard InChI is InChI=1S/C22H27NO3S2/c1-14-7-9-18-16(11-14)17-12-15(8-10-19(17)27-18)22(5,13-20(24)26-6)23-28(25)21(2,3)4/h7-12,23H,13H2,1-6H3/t22-,28?/m0/s1. The van der Waals surface area contributed by atoms with Crippen molar-refractivity contribution in [1.29, 1.82) is 0 Å². The van der Waals surface area contributed by atoms with Crippen LogP contribution in [0.1, 0.15) is 45.2 Å². The van der Waals surface area contributed by atoms with Gasteiger partial charge < -0.3 is 9.29 Å². The lowest BCUT2D eigenvalue weighted by atomic mass is 9.89. The van der Waals surface area contributed by atoms with Crippen molar-refractivity contribution in [1.82, 2.24) is 4.72 Å². The molecule has 150 valence electrons. The fraction of sp³-hybridized carbons (Fsp3) is 0.409. The van der Waals surface area contributed by atoms with E-state index in [0.29, 0.717) is 0 Å². The summed E-state index contributed by atoms with van der Waals surface area (Å²) in [4.78, 5) is 12.1. The van der Waals surface area contributed by atoms with Crippen molar-refractivity contribution in [2.75, 3.05) is 7.11 Å². The lowest BCUT2D eigenvalue weighted by Gasteiger charge is -2.34. The molecule has 2 atom stereocenters. The van der Waals surface area contributed by atoms with Crippen LogP contribution < -0.4 is 4.72 Å². The molecule has 4 nitrogen and oxygen atoms in total. The van der Waals surface area contributed by atoms with Gasteiger partial charge in [0.1, 0.15) is 4.75 Å². The summed E-state index contributed by atoms with van der Waals surface area (Å²) in [6, 6.07) is 12.7. The number of nitrogens with one attached hydrogen (secondary N) is 1. The molecule has 0 bridgehead atoms. The van der Waals surface area contributed by atoms with Gasteiger partial charge in [0.25, 0.3) is 0 Å². The first-order valence-electron chi connectivity index (χ1n) is 9.23. The number of carbonyl (C=O) groups excluding carboxylic acids is 1. The topological polar surface area (TPSA) is 61.4 Å². The van der Waals surface area contributed by atoms with E-state index in [1.165, 1.54) is 27.5 Å². The van der Waals surface area contributed by atoms with Gasteiger partial charge in [-0.25, -0.2) is 0 Å². The quantitative estimate of drug-likeness (QED) is 0.458. The molecule has 1 unspecified atom stereocenters. The third kappa shape index (κ3) is 4.20. The van der Waals surface area contributed by atoms with Crippen molar-refractivity contribution in [3.8, 4) is 0 Å². The molecule has 0 radical (unpaired) electrons. The number of rotatable bonds is 5. The van der Waals surface area contributed by atoms with Crippen LogP contribution in [0.5, 0.6) is 0 Å². The van der Waals surface area contributed by atoms with Crippen LogP contribution in [0.4, 0.5) is 0 Å². The molecule has 3 rings (SSSR count). The summed E-state index contributed by atoms with van der Waals surface area (Å²) in [5, 5.41) is 2.36. The number of methoxy groups -OCH3 is 1. The van der Waals surface area contributed by atoms with Gasteiger partial charge >= 0.3 is 5.97 Å². The van der Waals surface area contributed by atoms with Gasteiger partial charge in [0.15, 0.2) is 0 Å². The third-order valence-electron chi connectivity index (χ3n) is 4.86. The Morgan fingerprint density at radius 3 is 2.32 bits per heavy atom. The Bertz CT molecular complexity index is 1020. The summed E-state index contributed by atoms with van der Waals surface area (Å²) in [7, 11) is 1.38. The highest BCUT2D eigenvalue weighted by molar-refractivity contribution is 7.90. The van der Waals surface area contributed by atoms with E-state index in [-0.39, 0.29) is 12.4 Å². The number of carbonyl (C=O) groups is 1. The van der Waals surface area contributed by atoms with E-state index in [1.54, 1.807) is 11.3 Å². The van der Waals surface area contributed by atoms with Gasteiger partial charge in [-0.3, -0.25) is 4.79 Å². The largest absolute Gasteiger partial charge is 0.598 e. The monoisotopic (exact) mass is 417 g/mol. The average molecular weight is 418 g/mol. The van der Waals surface area contributed by atoms with Crippen molar-refractivity contribution in [3.63, 3.8) is 0 Å². The first-order valence-corrected chi connectivity index (χ1v) is 11.2. The molecule has 1 aromatic heterocycles. The van der Waals surface area contributed by atoms with E-state index in [0.717, 1.165) is 10.9 Å². The molecule has 1 heterocycles. The van der Waals surface area contributed by atoms with E-state index in [1.807, 2.05) is 33.8 Å². The highest BCUT2D eigenvalue weighted by Crippen LogP contribution is 2.38. The summed E-state index contributed by atoms with van der Waals surface area (Å²) >= 11 is 0.419. The highest BCUT2D eigenvalue weighted by Gasteiger charge is 2.39. The second-order valence-electron chi connectivity index (χ2n) is 8.38. The molecule has 0 saturated carbocycles. The number of hydrogen-bond donors (Lipinski definition) is 1. The van der Waals surface area contributed by atoms with E-state index >= 15 is 0 Å². The molecule has 0 saturated heterocycles. The Morgan fingerprint density at radius 1 is 1.11 bits per heavy atom. The molecular weight excluding hydrogens is 390 g/mol. The Kier molecular flexibility index (Phi) is 5.79. The zero-order valence-corrected chi connectivity index (χ0v) is 18.8. The molecule has 3 aromatic rings. The minimum absolute atomic E-state index is 0.0952. The molecule has 0 aliphatic rings. The second kappa shape index (κ2) is 7.67. The SMILES string of the molecule is COC(=O)C[C@](C)(N[S+]([O-])C(C)(C)C)c1ccc2sc3ccc(C)cc3c2c1. The number of esters is 1. The number of ether oxygens (including phenoxy) is 1. The number of aryl methyl sites for hydroxylation is 1. The van der Waals surface area contributed by atoms with Crippen LogP contribution in [0.15, 0.2) is 36.4 Å². The van der Waals surface area contributed by atoms with Crippen molar-refractivity contribution in [3.05, 3.63) is 47.5 Å². The second-order valence-corrected chi connectivity index (χ2v) is 11.4. The fourth-order valence-corrected chi connectivity index (χ4v) is 5.12. The van der Waals surface area contributed by atoms with Gasteiger partial charge in [-0.05, 0) is 64.4 Å². The lowest BCUT2D eigenvalue weighted by Crippen LogP contribution is -2.50. The Labute approximate surface area is 173 Å². The van der Waals surface area contributed by atoms with Gasteiger partial charge in [-0.15, -0.1) is 16.1 Å². The van der Waals surface area contributed by atoms with Crippen molar-refractivity contribution >= 4 is 48.8 Å². The zero-order valence-electron chi connectivity index (χ0n) is 17.2. The predicted octanol–water partition coefficient (Wildman–Crippen LogP) is 5.19. The van der Waals surface area contributed by atoms with Crippen LogP contribution in [0, 0.1) is 6.92 Å². The number of hydrogen-bond acceptors (Lipinski definition) is 5. The number of thiophene rings is 1. The molecule has 28 heavy (non-hydrogen) atoms. The van der Waals surface area contributed by atoms with Gasteiger partial charge in [0.2, 0.25) is 0 Å². The third-order valence-corrected chi connectivity index (χ3v) is 7.76. The summed E-state index contributed by atoms with van der Waals surface area (Å²) in [5.74, 6) is -0.341. The van der Waals surface area contributed by atoms with Crippen molar-refractivity contribution in [2.24, 2.45) is 0 Å². The molecule has 6 heteroatoms. The first kappa shape index (κ1) is 21.1. The maximum atomic E-state index is 12.8. The van der Waals surface area contributed by atoms with E-state index in [9.17, 15) is 9.35 Å². The molecule has 1 N–H and O–H groups in total. The summed E-state index contributed by atoms with van der Waals surface area (Å²) < 4.78 is 22.9. The normalized spacial score (nSPS) is 15.5. The first-order chi connectivity index (χ1) is 13.0. The van der Waals surface area contributed by atoms with Gasteiger partial charge in [0.05, 0.1) is 19.1 Å². The fourth-order valence-electron chi connectivity index (χ4n) is 3.15. The van der Waals surface area contributed by atoms with E-state index in [4.69, 9.17) is 4.74 Å². The lowest BCUT2D eigenvalue weighted by molar-refractivity contribution is -0.142. The Morgan fingerprint density at radius 2 is 1.71 bits per heavy atom. The maximum Gasteiger partial charge on any atom is 0.307 e. The summed E-state index contributed by atoms with van der Waals surface area (Å²) in [6.07, 6.45) is 0.0952. The Hall–Kier alpha value is -1.60. The minimum atomic E-state index is -1.34. The average Bonchev–Trinajstić information content (AvgIpc) is 2.97. The van der Waals surface area contributed by atoms with Crippen molar-refractivity contribution < 1.29 is 14.1 Å². The molecule has 0 aliphatic carbocycles. The van der Waals surface area contributed by atoms with E-state index in [2.05, 4.69) is 42.0 Å². The molecule has 0 aliphatic heterocycles. The van der Waals surface area contributed by atoms with Crippen LogP contribution in [0.25, 0.3) is 20.2 Å².